The highest BCUT2D eigenvalue weighted by atomic mass is 16.5. The number of ether oxygens (including phenoxy) is 2. The quantitative estimate of drug-likeness (QED) is 0.856. The van der Waals surface area contributed by atoms with Crippen LogP contribution in [0.5, 0.6) is 5.75 Å². The number of aromatic nitrogens is 3. The summed E-state index contributed by atoms with van der Waals surface area (Å²) in [4.78, 5) is 6.43. The van der Waals surface area contributed by atoms with E-state index in [1.807, 2.05) is 11.0 Å². The molecular formula is C15H20N4O3. The Bertz CT molecular complexity index is 635. The van der Waals surface area contributed by atoms with E-state index in [9.17, 15) is 0 Å². The molecule has 0 saturated carbocycles. The van der Waals surface area contributed by atoms with Crippen molar-refractivity contribution in [3.8, 4) is 17.3 Å². The molecule has 1 fully saturated rings. The highest BCUT2D eigenvalue weighted by molar-refractivity contribution is 5.53. The molecule has 0 spiro atoms. The highest BCUT2D eigenvalue weighted by Gasteiger charge is 2.19. The summed E-state index contributed by atoms with van der Waals surface area (Å²) in [5.41, 5.74) is 1.67. The van der Waals surface area contributed by atoms with Crippen LogP contribution in [0.1, 0.15) is 25.3 Å². The van der Waals surface area contributed by atoms with Gasteiger partial charge in [0.05, 0.1) is 20.3 Å². The van der Waals surface area contributed by atoms with Gasteiger partial charge in [0.1, 0.15) is 11.4 Å². The normalized spacial score (nSPS) is 15.4. The number of hydrogen-bond donors (Lipinski definition) is 0. The van der Waals surface area contributed by atoms with Gasteiger partial charge in [0, 0.05) is 30.9 Å². The van der Waals surface area contributed by atoms with Crippen molar-refractivity contribution in [1.82, 2.24) is 15.2 Å². The molecular weight excluding hydrogens is 284 g/mol. The summed E-state index contributed by atoms with van der Waals surface area (Å²) < 4.78 is 16.5. The Kier molecular flexibility index (Phi) is 4.24. The molecule has 1 saturated heterocycles. The SMILES string of the molecule is COc1cc(-c2nnc(N3CCOCC3)o2)ncc1C(C)C. The maximum Gasteiger partial charge on any atom is 0.318 e. The topological polar surface area (TPSA) is 73.5 Å². The molecule has 1 aliphatic rings. The summed E-state index contributed by atoms with van der Waals surface area (Å²) in [5.74, 6) is 1.52. The third-order valence-corrected chi connectivity index (χ3v) is 3.65. The minimum Gasteiger partial charge on any atom is -0.496 e. The fourth-order valence-electron chi connectivity index (χ4n) is 2.38. The standard InChI is InChI=1S/C15H20N4O3/c1-10(2)11-9-16-12(8-13(11)20-3)14-17-18-15(22-14)19-4-6-21-7-5-19/h8-10H,4-7H2,1-3H3. The fraction of sp³-hybridized carbons (Fsp3) is 0.533. The molecule has 0 N–H and O–H groups in total. The zero-order chi connectivity index (χ0) is 15.5. The van der Waals surface area contributed by atoms with Gasteiger partial charge < -0.3 is 18.8 Å². The lowest BCUT2D eigenvalue weighted by Crippen LogP contribution is -2.36. The molecule has 0 unspecified atom stereocenters. The second-order valence-corrected chi connectivity index (χ2v) is 5.46. The molecule has 3 heterocycles. The molecule has 0 aromatic carbocycles. The summed E-state index contributed by atoms with van der Waals surface area (Å²) in [6.45, 7) is 7.06. The van der Waals surface area contributed by atoms with Crippen LogP contribution in [0.4, 0.5) is 6.01 Å². The van der Waals surface area contributed by atoms with E-state index in [2.05, 4.69) is 29.0 Å². The molecule has 0 radical (unpaired) electrons. The molecule has 3 rings (SSSR count). The van der Waals surface area contributed by atoms with Crippen molar-refractivity contribution in [3.05, 3.63) is 17.8 Å². The molecule has 7 nitrogen and oxygen atoms in total. The zero-order valence-corrected chi connectivity index (χ0v) is 13.1. The Hall–Kier alpha value is -2.15. The van der Waals surface area contributed by atoms with E-state index in [0.29, 0.717) is 36.7 Å². The molecule has 0 amide bonds. The molecule has 22 heavy (non-hydrogen) atoms. The number of morpholine rings is 1. The Balaban J connectivity index is 1.86. The lowest BCUT2D eigenvalue weighted by Gasteiger charge is -2.24. The molecule has 118 valence electrons. The van der Waals surface area contributed by atoms with E-state index in [1.54, 1.807) is 13.3 Å². The summed E-state index contributed by atoms with van der Waals surface area (Å²) in [6, 6.07) is 2.35. The van der Waals surface area contributed by atoms with Crippen LogP contribution < -0.4 is 9.64 Å². The molecule has 0 aliphatic carbocycles. The predicted molar refractivity (Wildman–Crippen MR) is 81.2 cm³/mol. The van der Waals surface area contributed by atoms with E-state index >= 15 is 0 Å². The van der Waals surface area contributed by atoms with Gasteiger partial charge in [-0.05, 0) is 5.92 Å². The summed E-state index contributed by atoms with van der Waals surface area (Å²) in [6.07, 6.45) is 1.80. The molecule has 2 aromatic rings. The fourth-order valence-corrected chi connectivity index (χ4v) is 2.38. The number of anilines is 1. The lowest BCUT2D eigenvalue weighted by molar-refractivity contribution is 0.120. The lowest BCUT2D eigenvalue weighted by atomic mass is 10.0. The Labute approximate surface area is 129 Å². The van der Waals surface area contributed by atoms with Crippen molar-refractivity contribution in [2.24, 2.45) is 0 Å². The predicted octanol–water partition coefficient (Wildman–Crippen LogP) is 2.10. The highest BCUT2D eigenvalue weighted by Crippen LogP contribution is 2.30. The van der Waals surface area contributed by atoms with Gasteiger partial charge in [-0.1, -0.05) is 18.9 Å². The summed E-state index contributed by atoms with van der Waals surface area (Å²) in [5, 5.41) is 8.20. The largest absolute Gasteiger partial charge is 0.496 e. The maximum absolute atomic E-state index is 5.74. The number of methoxy groups -OCH3 is 1. The van der Waals surface area contributed by atoms with Gasteiger partial charge in [-0.2, -0.15) is 0 Å². The second kappa shape index (κ2) is 6.31. The van der Waals surface area contributed by atoms with Crippen molar-refractivity contribution in [1.29, 1.82) is 0 Å². The minimum atomic E-state index is 0.336. The van der Waals surface area contributed by atoms with Crippen molar-refractivity contribution < 1.29 is 13.9 Å². The van der Waals surface area contributed by atoms with Crippen LogP contribution in [0, 0.1) is 0 Å². The number of nitrogens with zero attached hydrogens (tertiary/aromatic N) is 4. The van der Waals surface area contributed by atoms with Crippen LogP contribution in [-0.2, 0) is 4.74 Å². The van der Waals surface area contributed by atoms with Gasteiger partial charge in [0.2, 0.25) is 0 Å². The first-order valence-electron chi connectivity index (χ1n) is 7.39. The molecule has 0 bridgehead atoms. The van der Waals surface area contributed by atoms with E-state index in [4.69, 9.17) is 13.9 Å². The van der Waals surface area contributed by atoms with Gasteiger partial charge in [0.25, 0.3) is 5.89 Å². The van der Waals surface area contributed by atoms with Gasteiger partial charge in [-0.15, -0.1) is 5.10 Å². The molecule has 1 aliphatic heterocycles. The first-order chi connectivity index (χ1) is 10.7. The van der Waals surface area contributed by atoms with Crippen LogP contribution in [0.25, 0.3) is 11.6 Å². The van der Waals surface area contributed by atoms with Crippen molar-refractivity contribution in [2.45, 2.75) is 19.8 Å². The zero-order valence-electron chi connectivity index (χ0n) is 13.1. The number of hydrogen-bond acceptors (Lipinski definition) is 7. The average Bonchev–Trinajstić information content (AvgIpc) is 3.05. The first-order valence-corrected chi connectivity index (χ1v) is 7.39. The van der Waals surface area contributed by atoms with E-state index in [0.717, 1.165) is 24.4 Å². The van der Waals surface area contributed by atoms with Crippen molar-refractivity contribution in [3.63, 3.8) is 0 Å². The smallest absolute Gasteiger partial charge is 0.318 e. The second-order valence-electron chi connectivity index (χ2n) is 5.46. The first kappa shape index (κ1) is 14.8. The summed E-state index contributed by atoms with van der Waals surface area (Å²) >= 11 is 0. The number of pyridine rings is 1. The average molecular weight is 304 g/mol. The van der Waals surface area contributed by atoms with E-state index in [-0.39, 0.29) is 0 Å². The van der Waals surface area contributed by atoms with Crippen LogP contribution in [0.15, 0.2) is 16.7 Å². The summed E-state index contributed by atoms with van der Waals surface area (Å²) in [7, 11) is 1.65. The Morgan fingerprint density at radius 2 is 2.00 bits per heavy atom. The van der Waals surface area contributed by atoms with Crippen LogP contribution >= 0.6 is 0 Å². The molecule has 0 atom stereocenters. The number of rotatable bonds is 4. The van der Waals surface area contributed by atoms with Crippen molar-refractivity contribution in [2.75, 3.05) is 38.3 Å². The third kappa shape index (κ3) is 2.89. The molecule has 2 aromatic heterocycles. The Morgan fingerprint density at radius 3 is 2.68 bits per heavy atom. The van der Waals surface area contributed by atoms with E-state index in [1.165, 1.54) is 0 Å². The monoisotopic (exact) mass is 304 g/mol. The van der Waals surface area contributed by atoms with Crippen LogP contribution in [0.3, 0.4) is 0 Å². The van der Waals surface area contributed by atoms with Crippen LogP contribution in [0.2, 0.25) is 0 Å². The van der Waals surface area contributed by atoms with Gasteiger partial charge in [0.15, 0.2) is 0 Å². The van der Waals surface area contributed by atoms with Crippen LogP contribution in [-0.4, -0.2) is 48.6 Å². The van der Waals surface area contributed by atoms with Gasteiger partial charge in [-0.3, -0.25) is 4.98 Å². The maximum atomic E-state index is 5.74. The van der Waals surface area contributed by atoms with Crippen molar-refractivity contribution >= 4 is 6.01 Å². The third-order valence-electron chi connectivity index (χ3n) is 3.65. The minimum absolute atomic E-state index is 0.336. The van der Waals surface area contributed by atoms with Gasteiger partial charge in [-0.25, -0.2) is 0 Å². The molecule has 7 heteroatoms. The van der Waals surface area contributed by atoms with E-state index < -0.39 is 0 Å². The van der Waals surface area contributed by atoms with Gasteiger partial charge >= 0.3 is 6.01 Å². The Morgan fingerprint density at radius 1 is 1.23 bits per heavy atom.